The number of carbonyl (C=O) groups is 1. The van der Waals surface area contributed by atoms with E-state index in [-0.39, 0.29) is 29.9 Å². The van der Waals surface area contributed by atoms with E-state index in [0.717, 1.165) is 24.6 Å². The van der Waals surface area contributed by atoms with Crippen LogP contribution in [0.2, 0.25) is 0 Å². The number of hydrogen-bond donors (Lipinski definition) is 3. The molecule has 0 unspecified atom stereocenters. The highest BCUT2D eigenvalue weighted by Crippen LogP contribution is 2.21. The van der Waals surface area contributed by atoms with Crippen LogP contribution in [0.4, 0.5) is 0 Å². The monoisotopic (exact) mass is 526 g/mol. The highest BCUT2D eigenvalue weighted by Gasteiger charge is 2.05. The maximum absolute atomic E-state index is 11.8. The lowest BCUT2D eigenvalue weighted by molar-refractivity contribution is 0.0956. The fourth-order valence-corrected chi connectivity index (χ4v) is 3.42. The number of aliphatic imine (C=N–C) groups is 1. The first kappa shape index (κ1) is 25.3. The van der Waals surface area contributed by atoms with Crippen LogP contribution in [0.1, 0.15) is 40.9 Å². The first-order chi connectivity index (χ1) is 13.6. The summed E-state index contributed by atoms with van der Waals surface area (Å²) in [5, 5.41) is 9.50. The number of nitrogens with zero attached hydrogens (tertiary/aromatic N) is 1. The van der Waals surface area contributed by atoms with Gasteiger partial charge in [-0.3, -0.25) is 4.79 Å². The third kappa shape index (κ3) is 8.26. The molecular formula is C22H31IN4OS. The van der Waals surface area contributed by atoms with E-state index in [4.69, 9.17) is 0 Å². The van der Waals surface area contributed by atoms with Crippen molar-refractivity contribution in [2.24, 2.45) is 4.99 Å². The standard InChI is InChI=1S/C22H30N4OS.HI/c1-5-23-21(27)18-11-8-17(9-12-18)14-25-22(24-6-2)26-15-19-10-7-16(3)13-20(19)28-4;/h7-13H,5-6,14-15H2,1-4H3,(H,23,27)(H2,24,25,26);1H. The van der Waals surface area contributed by atoms with Crippen molar-refractivity contribution in [2.45, 2.75) is 38.8 Å². The van der Waals surface area contributed by atoms with Crippen molar-refractivity contribution in [2.75, 3.05) is 19.3 Å². The second-order valence-electron chi connectivity index (χ2n) is 6.42. The first-order valence-electron chi connectivity index (χ1n) is 9.60. The zero-order chi connectivity index (χ0) is 20.4. The largest absolute Gasteiger partial charge is 0.357 e. The van der Waals surface area contributed by atoms with E-state index in [0.29, 0.717) is 18.7 Å². The van der Waals surface area contributed by atoms with Gasteiger partial charge in [-0.1, -0.05) is 24.3 Å². The van der Waals surface area contributed by atoms with Crippen molar-refractivity contribution in [3.8, 4) is 0 Å². The maximum atomic E-state index is 11.8. The summed E-state index contributed by atoms with van der Waals surface area (Å²) in [5.41, 5.74) is 4.26. The summed E-state index contributed by atoms with van der Waals surface area (Å²) >= 11 is 1.76. The third-order valence-corrected chi connectivity index (χ3v) is 5.03. The molecule has 7 heteroatoms. The van der Waals surface area contributed by atoms with Gasteiger partial charge in [0.15, 0.2) is 5.96 Å². The van der Waals surface area contributed by atoms with E-state index in [1.165, 1.54) is 16.0 Å². The van der Waals surface area contributed by atoms with Crippen LogP contribution in [0, 0.1) is 6.92 Å². The Bertz CT molecular complexity index is 809. The number of benzene rings is 2. The van der Waals surface area contributed by atoms with Gasteiger partial charge < -0.3 is 16.0 Å². The van der Waals surface area contributed by atoms with Crippen molar-refractivity contribution < 1.29 is 4.79 Å². The van der Waals surface area contributed by atoms with Gasteiger partial charge in [-0.25, -0.2) is 4.99 Å². The summed E-state index contributed by atoms with van der Waals surface area (Å²) in [6.07, 6.45) is 2.10. The minimum atomic E-state index is -0.0461. The molecule has 1 amide bonds. The van der Waals surface area contributed by atoms with Gasteiger partial charge >= 0.3 is 0 Å². The normalized spacial score (nSPS) is 10.8. The zero-order valence-corrected chi connectivity index (χ0v) is 20.7. The number of rotatable bonds is 8. The van der Waals surface area contributed by atoms with Gasteiger partial charge in [-0.05, 0) is 61.9 Å². The minimum absolute atomic E-state index is 0. The number of carbonyl (C=O) groups excluding carboxylic acids is 1. The molecule has 0 saturated heterocycles. The molecule has 0 saturated carbocycles. The molecule has 2 aromatic rings. The van der Waals surface area contributed by atoms with Crippen LogP contribution in [0.3, 0.4) is 0 Å². The van der Waals surface area contributed by atoms with Crippen LogP contribution in [0.5, 0.6) is 0 Å². The van der Waals surface area contributed by atoms with Crippen LogP contribution >= 0.6 is 35.7 Å². The zero-order valence-electron chi connectivity index (χ0n) is 17.5. The SMILES string of the molecule is CCNC(=O)c1ccc(CN=C(NCC)NCc2ccc(C)cc2SC)cc1.I. The summed E-state index contributed by atoms with van der Waals surface area (Å²) in [6, 6.07) is 14.1. The molecule has 2 aromatic carbocycles. The van der Waals surface area contributed by atoms with Crippen molar-refractivity contribution >= 4 is 47.6 Å². The lowest BCUT2D eigenvalue weighted by Crippen LogP contribution is -2.36. The lowest BCUT2D eigenvalue weighted by Gasteiger charge is -2.14. The van der Waals surface area contributed by atoms with E-state index in [2.05, 4.69) is 59.2 Å². The summed E-state index contributed by atoms with van der Waals surface area (Å²) in [4.78, 5) is 17.8. The smallest absolute Gasteiger partial charge is 0.251 e. The number of thioether (sulfide) groups is 1. The number of nitrogens with one attached hydrogen (secondary N) is 3. The number of aryl methyl sites for hydroxylation is 1. The molecule has 0 heterocycles. The summed E-state index contributed by atoms with van der Waals surface area (Å²) < 4.78 is 0. The first-order valence-corrected chi connectivity index (χ1v) is 10.8. The number of halogens is 1. The molecule has 0 fully saturated rings. The molecule has 3 N–H and O–H groups in total. The molecule has 0 aliphatic rings. The Morgan fingerprint density at radius 3 is 2.31 bits per heavy atom. The van der Waals surface area contributed by atoms with Gasteiger partial charge in [0, 0.05) is 30.1 Å². The van der Waals surface area contributed by atoms with Gasteiger partial charge in [0.25, 0.3) is 5.91 Å². The van der Waals surface area contributed by atoms with Crippen LogP contribution in [-0.4, -0.2) is 31.2 Å². The second kappa shape index (κ2) is 13.5. The fraction of sp³-hybridized carbons (Fsp3) is 0.364. The molecule has 158 valence electrons. The van der Waals surface area contributed by atoms with Crippen molar-refractivity contribution in [1.82, 2.24) is 16.0 Å². The van der Waals surface area contributed by atoms with Crippen molar-refractivity contribution in [3.05, 3.63) is 64.7 Å². The molecule has 0 bridgehead atoms. The Balaban J connectivity index is 0.00000420. The van der Waals surface area contributed by atoms with Gasteiger partial charge in [0.2, 0.25) is 0 Å². The average molecular weight is 526 g/mol. The van der Waals surface area contributed by atoms with E-state index in [9.17, 15) is 4.79 Å². The fourth-order valence-electron chi connectivity index (χ4n) is 2.71. The molecular weight excluding hydrogens is 495 g/mol. The topological polar surface area (TPSA) is 65.5 Å². The Morgan fingerprint density at radius 2 is 1.69 bits per heavy atom. The molecule has 0 atom stereocenters. The van der Waals surface area contributed by atoms with Gasteiger partial charge in [-0.2, -0.15) is 0 Å². The number of hydrogen-bond acceptors (Lipinski definition) is 3. The lowest BCUT2D eigenvalue weighted by atomic mass is 10.1. The molecule has 0 aliphatic carbocycles. The Kier molecular flexibility index (Phi) is 11.8. The predicted molar refractivity (Wildman–Crippen MR) is 134 cm³/mol. The minimum Gasteiger partial charge on any atom is -0.357 e. The molecule has 0 aromatic heterocycles. The molecule has 29 heavy (non-hydrogen) atoms. The number of guanidine groups is 1. The average Bonchev–Trinajstić information content (AvgIpc) is 2.71. The van der Waals surface area contributed by atoms with Crippen molar-refractivity contribution in [1.29, 1.82) is 0 Å². The molecule has 2 rings (SSSR count). The Morgan fingerprint density at radius 1 is 1.00 bits per heavy atom. The highest BCUT2D eigenvalue weighted by molar-refractivity contribution is 14.0. The maximum Gasteiger partial charge on any atom is 0.251 e. The van der Waals surface area contributed by atoms with E-state index in [1.54, 1.807) is 11.8 Å². The van der Waals surface area contributed by atoms with Crippen molar-refractivity contribution in [3.63, 3.8) is 0 Å². The Hall–Kier alpha value is -1.74. The van der Waals surface area contributed by atoms with E-state index < -0.39 is 0 Å². The van der Waals surface area contributed by atoms with Crippen LogP contribution in [-0.2, 0) is 13.1 Å². The summed E-state index contributed by atoms with van der Waals surface area (Å²) in [5.74, 6) is 0.734. The van der Waals surface area contributed by atoms with Crippen LogP contribution in [0.25, 0.3) is 0 Å². The van der Waals surface area contributed by atoms with E-state index >= 15 is 0 Å². The van der Waals surface area contributed by atoms with Crippen LogP contribution in [0.15, 0.2) is 52.4 Å². The van der Waals surface area contributed by atoms with Gasteiger partial charge in [0.1, 0.15) is 0 Å². The Labute approximate surface area is 195 Å². The van der Waals surface area contributed by atoms with E-state index in [1.807, 2.05) is 31.2 Å². The molecule has 0 aliphatic heterocycles. The second-order valence-corrected chi connectivity index (χ2v) is 7.27. The number of amides is 1. The van der Waals surface area contributed by atoms with Crippen LogP contribution < -0.4 is 16.0 Å². The predicted octanol–water partition coefficient (Wildman–Crippen LogP) is 4.34. The summed E-state index contributed by atoms with van der Waals surface area (Å²) in [7, 11) is 0. The quantitative estimate of drug-likeness (QED) is 0.207. The molecule has 0 spiro atoms. The third-order valence-electron chi connectivity index (χ3n) is 4.21. The van der Waals surface area contributed by atoms with Gasteiger partial charge in [-0.15, -0.1) is 35.7 Å². The highest BCUT2D eigenvalue weighted by atomic mass is 127. The molecule has 0 radical (unpaired) electrons. The summed E-state index contributed by atoms with van der Waals surface area (Å²) in [6.45, 7) is 8.77. The molecule has 5 nitrogen and oxygen atoms in total. The van der Waals surface area contributed by atoms with Gasteiger partial charge in [0.05, 0.1) is 6.54 Å².